The van der Waals surface area contributed by atoms with Crippen LogP contribution in [0.2, 0.25) is 0 Å². The largest absolute Gasteiger partial charge is 0.412 e. The average Bonchev–Trinajstić information content (AvgIpc) is 2.61. The van der Waals surface area contributed by atoms with Gasteiger partial charge in [0.05, 0.1) is 12.1 Å². The van der Waals surface area contributed by atoms with Gasteiger partial charge in [0.15, 0.2) is 0 Å². The van der Waals surface area contributed by atoms with Gasteiger partial charge < -0.3 is 9.74 Å². The molecular weight excluding hydrogens is 192 g/mol. The smallest absolute Gasteiger partial charge is 0.223 e. The molecule has 3 rings (SSSR count). The lowest BCUT2D eigenvalue weighted by molar-refractivity contribution is -0.135. The molecule has 4 heteroatoms. The van der Waals surface area contributed by atoms with Crippen LogP contribution >= 0.6 is 0 Å². The highest BCUT2D eigenvalue weighted by atomic mass is 16.7. The molecule has 15 heavy (non-hydrogen) atoms. The number of hydroxylamine groups is 1. The van der Waals surface area contributed by atoms with Gasteiger partial charge in [0.25, 0.3) is 0 Å². The fourth-order valence-corrected chi connectivity index (χ4v) is 2.94. The first-order valence-corrected chi connectivity index (χ1v) is 5.72. The van der Waals surface area contributed by atoms with Crippen LogP contribution < -0.4 is 5.48 Å². The molecule has 1 N–H and O–H groups in total. The quantitative estimate of drug-likeness (QED) is 0.644. The molecule has 0 bridgehead atoms. The minimum absolute atomic E-state index is 0.263. The first kappa shape index (κ1) is 9.21. The van der Waals surface area contributed by atoms with Gasteiger partial charge >= 0.3 is 0 Å². The second kappa shape index (κ2) is 3.23. The minimum Gasteiger partial charge on any atom is -0.412 e. The van der Waals surface area contributed by atoms with Crippen LogP contribution in [0.15, 0.2) is 11.3 Å². The van der Waals surface area contributed by atoms with E-state index in [9.17, 15) is 4.79 Å². The van der Waals surface area contributed by atoms with Crippen LogP contribution in [0.25, 0.3) is 0 Å². The van der Waals surface area contributed by atoms with E-state index in [4.69, 9.17) is 4.84 Å². The summed E-state index contributed by atoms with van der Waals surface area (Å²) in [5, 5.41) is 0. The number of piperidine rings is 1. The van der Waals surface area contributed by atoms with Crippen molar-refractivity contribution < 1.29 is 9.63 Å². The number of hydrogen-bond acceptors (Lipinski definition) is 3. The third-order valence-corrected chi connectivity index (χ3v) is 3.65. The van der Waals surface area contributed by atoms with Gasteiger partial charge in [0, 0.05) is 25.0 Å². The van der Waals surface area contributed by atoms with E-state index in [-0.39, 0.29) is 6.04 Å². The maximum absolute atomic E-state index is 11.8. The van der Waals surface area contributed by atoms with Crippen LogP contribution in [-0.2, 0) is 9.63 Å². The minimum atomic E-state index is 0.263. The fraction of sp³-hybridized carbons (Fsp3) is 0.727. The van der Waals surface area contributed by atoms with Gasteiger partial charge in [-0.25, -0.2) is 0 Å². The summed E-state index contributed by atoms with van der Waals surface area (Å²) in [6.45, 7) is 2.93. The second-order valence-electron chi connectivity index (χ2n) is 4.57. The summed E-state index contributed by atoms with van der Waals surface area (Å²) < 4.78 is 0. The Morgan fingerprint density at radius 3 is 3.20 bits per heavy atom. The normalized spacial score (nSPS) is 35.0. The van der Waals surface area contributed by atoms with Crippen LogP contribution in [-0.4, -0.2) is 29.4 Å². The van der Waals surface area contributed by atoms with E-state index in [1.54, 1.807) is 0 Å². The van der Waals surface area contributed by atoms with Gasteiger partial charge in [0.1, 0.15) is 5.76 Å². The standard InChI is InChI=1S/C11H16N2O2/c1-7-11-8-3-2-4-10(14)13(8)6-5-9(11)15-12-7/h7-8,12H,2-6H2,1H3. The number of carbonyl (C=O) groups is 1. The molecule has 0 saturated carbocycles. The van der Waals surface area contributed by atoms with Gasteiger partial charge in [0.2, 0.25) is 5.91 Å². The van der Waals surface area contributed by atoms with Gasteiger partial charge in [-0.05, 0) is 19.8 Å². The summed E-state index contributed by atoms with van der Waals surface area (Å²) in [5.41, 5.74) is 4.31. The van der Waals surface area contributed by atoms with Crippen molar-refractivity contribution in [3.8, 4) is 0 Å². The molecule has 3 aliphatic rings. The molecule has 82 valence electrons. The van der Waals surface area contributed by atoms with E-state index < -0.39 is 0 Å². The highest BCUT2D eigenvalue weighted by Gasteiger charge is 2.40. The first-order valence-electron chi connectivity index (χ1n) is 5.72. The molecular formula is C11H16N2O2. The van der Waals surface area contributed by atoms with Crippen LogP contribution in [0.4, 0.5) is 0 Å². The number of hydrogen-bond donors (Lipinski definition) is 1. The Labute approximate surface area is 89.2 Å². The molecule has 3 aliphatic heterocycles. The molecule has 1 fully saturated rings. The van der Waals surface area contributed by atoms with Crippen molar-refractivity contribution in [2.45, 2.75) is 44.7 Å². The zero-order valence-electron chi connectivity index (χ0n) is 8.95. The second-order valence-corrected chi connectivity index (χ2v) is 4.57. The van der Waals surface area contributed by atoms with Crippen LogP contribution in [0.3, 0.4) is 0 Å². The first-order chi connectivity index (χ1) is 7.27. The highest BCUT2D eigenvalue weighted by Crippen LogP contribution is 2.35. The lowest BCUT2D eigenvalue weighted by atomic mass is 9.87. The highest BCUT2D eigenvalue weighted by molar-refractivity contribution is 5.78. The van der Waals surface area contributed by atoms with Gasteiger partial charge in [-0.3, -0.25) is 4.79 Å². The lowest BCUT2D eigenvalue weighted by Gasteiger charge is -2.39. The predicted octanol–water partition coefficient (Wildman–Crippen LogP) is 0.949. The van der Waals surface area contributed by atoms with Gasteiger partial charge in [-0.15, -0.1) is 0 Å². The molecule has 0 aromatic heterocycles. The average molecular weight is 208 g/mol. The monoisotopic (exact) mass is 208 g/mol. The molecule has 2 unspecified atom stereocenters. The molecule has 0 spiro atoms. The summed E-state index contributed by atoms with van der Waals surface area (Å²) in [5.74, 6) is 1.40. The Morgan fingerprint density at radius 2 is 2.33 bits per heavy atom. The molecule has 1 saturated heterocycles. The van der Waals surface area contributed by atoms with Crippen LogP contribution in [0.1, 0.15) is 32.6 Å². The Bertz CT molecular complexity index is 337. The van der Waals surface area contributed by atoms with Crippen molar-refractivity contribution in [2.75, 3.05) is 6.54 Å². The number of rotatable bonds is 0. The van der Waals surface area contributed by atoms with Crippen molar-refractivity contribution >= 4 is 5.91 Å². The molecule has 3 heterocycles. The third-order valence-electron chi connectivity index (χ3n) is 3.65. The van der Waals surface area contributed by atoms with E-state index >= 15 is 0 Å². The molecule has 0 aliphatic carbocycles. The zero-order valence-corrected chi connectivity index (χ0v) is 8.95. The fourth-order valence-electron chi connectivity index (χ4n) is 2.94. The number of amides is 1. The Kier molecular flexibility index (Phi) is 1.99. The Morgan fingerprint density at radius 1 is 1.47 bits per heavy atom. The summed E-state index contributed by atoms with van der Waals surface area (Å²) >= 11 is 0. The third kappa shape index (κ3) is 1.28. The van der Waals surface area contributed by atoms with Gasteiger partial charge in [-0.1, -0.05) is 0 Å². The molecule has 0 radical (unpaired) electrons. The predicted molar refractivity (Wildman–Crippen MR) is 54.7 cm³/mol. The summed E-state index contributed by atoms with van der Waals surface area (Å²) in [6.07, 6.45) is 3.71. The van der Waals surface area contributed by atoms with Crippen molar-refractivity contribution in [3.63, 3.8) is 0 Å². The molecule has 1 amide bonds. The molecule has 4 nitrogen and oxygen atoms in total. The molecule has 0 aromatic rings. The maximum Gasteiger partial charge on any atom is 0.223 e. The van der Waals surface area contributed by atoms with E-state index in [1.165, 1.54) is 5.57 Å². The SMILES string of the molecule is CC1NOC2=C1C1CCCC(=O)N1CC2. The number of nitrogens with zero attached hydrogens (tertiary/aromatic N) is 1. The van der Waals surface area contributed by atoms with E-state index in [0.29, 0.717) is 11.9 Å². The van der Waals surface area contributed by atoms with Crippen molar-refractivity contribution in [3.05, 3.63) is 11.3 Å². The lowest BCUT2D eigenvalue weighted by Crippen LogP contribution is -2.49. The summed E-state index contributed by atoms with van der Waals surface area (Å²) in [6, 6.07) is 0.568. The maximum atomic E-state index is 11.8. The van der Waals surface area contributed by atoms with Crippen molar-refractivity contribution in [1.29, 1.82) is 0 Å². The van der Waals surface area contributed by atoms with E-state index in [1.807, 2.05) is 4.90 Å². The number of fused-ring (bicyclic) bond motifs is 2. The van der Waals surface area contributed by atoms with E-state index in [0.717, 1.165) is 38.0 Å². The van der Waals surface area contributed by atoms with Crippen molar-refractivity contribution in [2.24, 2.45) is 0 Å². The number of nitrogens with one attached hydrogen (secondary N) is 1. The Hall–Kier alpha value is -1.03. The van der Waals surface area contributed by atoms with Crippen molar-refractivity contribution in [1.82, 2.24) is 10.4 Å². The molecule has 0 aromatic carbocycles. The summed E-state index contributed by atoms with van der Waals surface area (Å²) in [4.78, 5) is 19.2. The van der Waals surface area contributed by atoms with Crippen LogP contribution in [0.5, 0.6) is 0 Å². The van der Waals surface area contributed by atoms with Crippen LogP contribution in [0, 0.1) is 0 Å². The zero-order chi connectivity index (χ0) is 10.4. The number of carbonyl (C=O) groups excluding carboxylic acids is 1. The van der Waals surface area contributed by atoms with Gasteiger partial charge in [-0.2, -0.15) is 5.48 Å². The van der Waals surface area contributed by atoms with E-state index in [2.05, 4.69) is 12.4 Å². The molecule has 2 atom stereocenters. The topological polar surface area (TPSA) is 41.6 Å². The summed E-state index contributed by atoms with van der Waals surface area (Å²) in [7, 11) is 0. The Balaban J connectivity index is 1.95.